The van der Waals surface area contributed by atoms with Crippen molar-refractivity contribution in [3.05, 3.63) is 0 Å². The summed E-state index contributed by atoms with van der Waals surface area (Å²) in [6, 6.07) is 0. The molecule has 0 rings (SSSR count). The van der Waals surface area contributed by atoms with Crippen molar-refractivity contribution >= 4 is 23.9 Å². The van der Waals surface area contributed by atoms with Crippen LogP contribution < -0.4 is 0 Å². The van der Waals surface area contributed by atoms with Gasteiger partial charge in [-0.3, -0.25) is 19.2 Å². The number of unbranched alkanes of at least 4 members (excludes halogenated alkanes) is 2. The van der Waals surface area contributed by atoms with Crippen LogP contribution >= 0.6 is 0 Å². The van der Waals surface area contributed by atoms with E-state index in [0.717, 1.165) is 0 Å². The minimum atomic E-state index is -0.891. The first-order valence-corrected chi connectivity index (χ1v) is 7.16. The van der Waals surface area contributed by atoms with E-state index in [-0.39, 0.29) is 38.9 Å². The Hall–Kier alpha value is -2.12. The zero-order chi connectivity index (χ0) is 16.8. The SMILES string of the molecule is O=C(O)CCCCOC(=O)CCC(=O)OCCCCC(=O)O. The minimum absolute atomic E-state index is 0.0335. The van der Waals surface area contributed by atoms with Gasteiger partial charge < -0.3 is 19.7 Å². The second-order valence-electron chi connectivity index (χ2n) is 4.64. The van der Waals surface area contributed by atoms with Crippen LogP contribution in [-0.4, -0.2) is 47.3 Å². The van der Waals surface area contributed by atoms with E-state index in [4.69, 9.17) is 19.7 Å². The third-order valence-electron chi connectivity index (χ3n) is 2.63. The topological polar surface area (TPSA) is 127 Å². The number of hydrogen-bond acceptors (Lipinski definition) is 6. The molecule has 0 atom stereocenters. The van der Waals surface area contributed by atoms with E-state index in [1.165, 1.54) is 0 Å². The van der Waals surface area contributed by atoms with Crippen molar-refractivity contribution in [1.29, 1.82) is 0 Å². The van der Waals surface area contributed by atoms with Crippen LogP contribution in [0.1, 0.15) is 51.4 Å². The molecule has 2 N–H and O–H groups in total. The molecule has 126 valence electrons. The number of rotatable bonds is 13. The number of carbonyl (C=O) groups is 4. The van der Waals surface area contributed by atoms with Crippen LogP contribution in [0.15, 0.2) is 0 Å². The lowest BCUT2D eigenvalue weighted by atomic mass is 10.2. The van der Waals surface area contributed by atoms with Crippen LogP contribution in [0.2, 0.25) is 0 Å². The summed E-state index contributed by atoms with van der Waals surface area (Å²) in [7, 11) is 0. The number of carbonyl (C=O) groups excluding carboxylic acids is 2. The van der Waals surface area contributed by atoms with Gasteiger partial charge in [0.05, 0.1) is 26.1 Å². The monoisotopic (exact) mass is 318 g/mol. The normalized spacial score (nSPS) is 10.0. The van der Waals surface area contributed by atoms with E-state index in [0.29, 0.717) is 25.7 Å². The van der Waals surface area contributed by atoms with E-state index in [1.807, 2.05) is 0 Å². The highest BCUT2D eigenvalue weighted by molar-refractivity contribution is 5.77. The predicted molar refractivity (Wildman–Crippen MR) is 74.1 cm³/mol. The number of carboxylic acid groups (broad SMARTS) is 2. The fourth-order valence-electron chi connectivity index (χ4n) is 1.48. The molecular weight excluding hydrogens is 296 g/mol. The first kappa shape index (κ1) is 19.9. The zero-order valence-corrected chi connectivity index (χ0v) is 12.4. The maximum atomic E-state index is 11.3. The molecule has 0 fully saturated rings. The lowest BCUT2D eigenvalue weighted by Crippen LogP contribution is -2.11. The molecule has 0 radical (unpaired) electrons. The molecule has 0 saturated heterocycles. The van der Waals surface area contributed by atoms with Gasteiger partial charge in [0.1, 0.15) is 0 Å². The van der Waals surface area contributed by atoms with Crippen molar-refractivity contribution in [1.82, 2.24) is 0 Å². The second kappa shape index (κ2) is 12.6. The summed E-state index contributed by atoms with van der Waals surface area (Å²) in [4.78, 5) is 43.1. The minimum Gasteiger partial charge on any atom is -0.481 e. The highest BCUT2D eigenvalue weighted by Gasteiger charge is 2.09. The quantitative estimate of drug-likeness (QED) is 0.385. The fraction of sp³-hybridized carbons (Fsp3) is 0.714. The number of aliphatic carboxylic acids is 2. The molecule has 0 unspecified atom stereocenters. The zero-order valence-electron chi connectivity index (χ0n) is 12.4. The highest BCUT2D eigenvalue weighted by Crippen LogP contribution is 2.01. The van der Waals surface area contributed by atoms with Crippen LogP contribution in [0.5, 0.6) is 0 Å². The van der Waals surface area contributed by atoms with Crippen molar-refractivity contribution in [2.24, 2.45) is 0 Å². The smallest absolute Gasteiger partial charge is 0.306 e. The van der Waals surface area contributed by atoms with Crippen LogP contribution in [0.3, 0.4) is 0 Å². The number of carboxylic acids is 2. The molecule has 0 amide bonds. The van der Waals surface area contributed by atoms with E-state index in [2.05, 4.69) is 0 Å². The Labute approximate surface area is 128 Å². The summed E-state index contributed by atoms with van der Waals surface area (Å²) < 4.78 is 9.68. The van der Waals surface area contributed by atoms with Crippen molar-refractivity contribution in [2.75, 3.05) is 13.2 Å². The summed E-state index contributed by atoms with van der Waals surface area (Å²) in [5.74, 6) is -2.84. The van der Waals surface area contributed by atoms with Crippen molar-refractivity contribution in [3.63, 3.8) is 0 Å². The number of ether oxygens (including phenoxy) is 2. The maximum absolute atomic E-state index is 11.3. The van der Waals surface area contributed by atoms with E-state index in [9.17, 15) is 19.2 Å². The Morgan fingerprint density at radius 2 is 0.955 bits per heavy atom. The Balaban J connectivity index is 3.46. The van der Waals surface area contributed by atoms with Gasteiger partial charge >= 0.3 is 23.9 Å². The standard InChI is InChI=1S/C14H22O8/c15-11(16)5-1-3-9-21-13(19)7-8-14(20)22-10-4-2-6-12(17)18/h1-10H2,(H,15,16)(H,17,18). The Morgan fingerprint density at radius 3 is 1.27 bits per heavy atom. The molecule has 0 aliphatic rings. The van der Waals surface area contributed by atoms with E-state index in [1.54, 1.807) is 0 Å². The molecule has 0 saturated carbocycles. The maximum Gasteiger partial charge on any atom is 0.306 e. The van der Waals surface area contributed by atoms with Gasteiger partial charge in [0, 0.05) is 12.8 Å². The van der Waals surface area contributed by atoms with Crippen LogP contribution in [0, 0.1) is 0 Å². The van der Waals surface area contributed by atoms with Gasteiger partial charge in [-0.1, -0.05) is 0 Å². The molecule has 8 heteroatoms. The molecule has 0 spiro atoms. The van der Waals surface area contributed by atoms with Crippen LogP contribution in [0.4, 0.5) is 0 Å². The lowest BCUT2D eigenvalue weighted by molar-refractivity contribution is -0.150. The molecule has 0 aromatic carbocycles. The Morgan fingerprint density at radius 1 is 0.591 bits per heavy atom. The predicted octanol–water partition coefficient (Wildman–Crippen LogP) is 1.36. The Bertz CT molecular complexity index is 341. The molecule has 0 aromatic heterocycles. The van der Waals surface area contributed by atoms with Gasteiger partial charge in [0.2, 0.25) is 0 Å². The second-order valence-corrected chi connectivity index (χ2v) is 4.64. The van der Waals surface area contributed by atoms with Crippen molar-refractivity contribution < 1.29 is 38.9 Å². The summed E-state index contributed by atoms with van der Waals surface area (Å²) in [6.07, 6.45) is 1.68. The van der Waals surface area contributed by atoms with Crippen LogP contribution in [0.25, 0.3) is 0 Å². The molecule has 0 aliphatic heterocycles. The summed E-state index contributed by atoms with van der Waals surface area (Å²) >= 11 is 0. The van der Waals surface area contributed by atoms with Gasteiger partial charge in [-0.25, -0.2) is 0 Å². The van der Waals surface area contributed by atoms with Gasteiger partial charge in [-0.2, -0.15) is 0 Å². The number of hydrogen-bond donors (Lipinski definition) is 2. The van der Waals surface area contributed by atoms with Gasteiger partial charge in [0.25, 0.3) is 0 Å². The Kier molecular flexibility index (Phi) is 11.4. The molecule has 0 aliphatic carbocycles. The lowest BCUT2D eigenvalue weighted by Gasteiger charge is -2.05. The average Bonchev–Trinajstić information content (AvgIpc) is 2.43. The van der Waals surface area contributed by atoms with E-state index >= 15 is 0 Å². The summed E-state index contributed by atoms with van der Waals surface area (Å²) in [6.45, 7) is 0.271. The van der Waals surface area contributed by atoms with Crippen molar-refractivity contribution in [3.8, 4) is 0 Å². The van der Waals surface area contributed by atoms with Gasteiger partial charge in [-0.05, 0) is 25.7 Å². The molecule has 0 bridgehead atoms. The molecule has 8 nitrogen and oxygen atoms in total. The fourth-order valence-corrected chi connectivity index (χ4v) is 1.48. The first-order chi connectivity index (χ1) is 10.4. The largest absolute Gasteiger partial charge is 0.481 e. The number of esters is 2. The molecule has 0 aromatic rings. The average molecular weight is 318 g/mol. The molecule has 22 heavy (non-hydrogen) atoms. The van der Waals surface area contributed by atoms with Crippen molar-refractivity contribution in [2.45, 2.75) is 51.4 Å². The summed E-state index contributed by atoms with van der Waals surface area (Å²) in [5, 5.41) is 16.8. The third kappa shape index (κ3) is 14.3. The highest BCUT2D eigenvalue weighted by atomic mass is 16.5. The third-order valence-corrected chi connectivity index (χ3v) is 2.63. The van der Waals surface area contributed by atoms with E-state index < -0.39 is 23.9 Å². The van der Waals surface area contributed by atoms with Gasteiger partial charge in [-0.15, -0.1) is 0 Å². The molecule has 0 heterocycles. The van der Waals surface area contributed by atoms with Crippen LogP contribution in [-0.2, 0) is 28.7 Å². The first-order valence-electron chi connectivity index (χ1n) is 7.16. The van der Waals surface area contributed by atoms with Gasteiger partial charge in [0.15, 0.2) is 0 Å². The summed E-state index contributed by atoms with van der Waals surface area (Å²) in [5.41, 5.74) is 0. The molecular formula is C14H22O8.